The standard InChI is InChI=1S/C25H29F2N5O3/c26-25(27)17-30(9-7-24(25)5-6-24)21-15-31(22(33)14-28-21)16-23(34)32-8-4-18-19(2-1-3-20(18)32)29-10-12-35-13-11-29/h1-3,14-15H,4-13,16-17H2. The largest absolute Gasteiger partial charge is 0.378 e. The van der Waals surface area contributed by atoms with Gasteiger partial charge in [0.1, 0.15) is 12.4 Å². The highest BCUT2D eigenvalue weighted by Gasteiger charge is 2.63. The molecule has 0 bridgehead atoms. The van der Waals surface area contributed by atoms with Crippen molar-refractivity contribution in [3.8, 4) is 0 Å². The third-order valence-electron chi connectivity index (χ3n) is 8.03. The lowest BCUT2D eigenvalue weighted by Crippen LogP contribution is -2.50. The summed E-state index contributed by atoms with van der Waals surface area (Å²) in [6.45, 7) is 3.44. The van der Waals surface area contributed by atoms with E-state index in [0.717, 1.165) is 42.6 Å². The fourth-order valence-electron chi connectivity index (χ4n) is 5.71. The number of fused-ring (bicyclic) bond motifs is 1. The Morgan fingerprint density at radius 2 is 1.80 bits per heavy atom. The van der Waals surface area contributed by atoms with Crippen molar-refractivity contribution >= 4 is 23.1 Å². The fraction of sp³-hybridized carbons (Fsp3) is 0.560. The average Bonchev–Trinajstić information content (AvgIpc) is 3.53. The van der Waals surface area contributed by atoms with Crippen LogP contribution in [0.15, 0.2) is 35.4 Å². The molecule has 0 radical (unpaired) electrons. The second-order valence-electron chi connectivity index (χ2n) is 10.0. The molecular weight excluding hydrogens is 456 g/mol. The highest BCUT2D eigenvalue weighted by atomic mass is 19.3. The molecule has 1 amide bonds. The first-order chi connectivity index (χ1) is 16.9. The van der Waals surface area contributed by atoms with Gasteiger partial charge in [-0.05, 0) is 37.8 Å². The quantitative estimate of drug-likeness (QED) is 0.662. The van der Waals surface area contributed by atoms with E-state index in [1.807, 2.05) is 12.1 Å². The van der Waals surface area contributed by atoms with Crippen LogP contribution in [0.2, 0.25) is 0 Å². The number of rotatable bonds is 4. The van der Waals surface area contributed by atoms with Crippen LogP contribution in [-0.4, -0.2) is 67.3 Å². The minimum atomic E-state index is -2.78. The molecule has 1 aromatic heterocycles. The number of morpholine rings is 1. The van der Waals surface area contributed by atoms with Crippen LogP contribution in [0.4, 0.5) is 26.0 Å². The van der Waals surface area contributed by atoms with Crippen LogP contribution in [-0.2, 0) is 22.5 Å². The Morgan fingerprint density at radius 1 is 1.03 bits per heavy atom. The number of halogens is 2. The van der Waals surface area contributed by atoms with Gasteiger partial charge in [-0.3, -0.25) is 9.59 Å². The number of anilines is 3. The van der Waals surface area contributed by atoms with E-state index in [9.17, 15) is 18.4 Å². The number of carbonyl (C=O) groups excluding carboxylic acids is 1. The zero-order valence-electron chi connectivity index (χ0n) is 19.6. The summed E-state index contributed by atoms with van der Waals surface area (Å²) in [5.41, 5.74) is 1.86. The minimum absolute atomic E-state index is 0.163. The molecule has 186 valence electrons. The number of hydrogen-bond acceptors (Lipinski definition) is 6. The van der Waals surface area contributed by atoms with Crippen molar-refractivity contribution in [2.75, 3.05) is 60.6 Å². The van der Waals surface area contributed by atoms with Crippen LogP contribution in [0.5, 0.6) is 0 Å². The fourth-order valence-corrected chi connectivity index (χ4v) is 5.71. The molecule has 8 nitrogen and oxygen atoms in total. The number of piperidine rings is 1. The lowest BCUT2D eigenvalue weighted by molar-refractivity contribution is -0.119. The smallest absolute Gasteiger partial charge is 0.270 e. The molecule has 1 aliphatic carbocycles. The number of carbonyl (C=O) groups is 1. The number of alkyl halides is 2. The molecule has 0 N–H and O–H groups in total. The zero-order valence-corrected chi connectivity index (χ0v) is 19.6. The van der Waals surface area contributed by atoms with Crippen molar-refractivity contribution in [2.45, 2.75) is 38.2 Å². The van der Waals surface area contributed by atoms with Gasteiger partial charge in [-0.25, -0.2) is 13.8 Å². The van der Waals surface area contributed by atoms with Crippen molar-refractivity contribution in [2.24, 2.45) is 5.41 Å². The van der Waals surface area contributed by atoms with E-state index in [4.69, 9.17) is 4.74 Å². The predicted octanol–water partition coefficient (Wildman–Crippen LogP) is 2.29. The lowest BCUT2D eigenvalue weighted by atomic mass is 9.89. The van der Waals surface area contributed by atoms with E-state index in [1.54, 1.807) is 4.90 Å². The van der Waals surface area contributed by atoms with Gasteiger partial charge >= 0.3 is 0 Å². The molecular formula is C25H29F2N5O3. The Morgan fingerprint density at radius 3 is 2.54 bits per heavy atom. The third-order valence-corrected chi connectivity index (χ3v) is 8.03. The molecule has 0 atom stereocenters. The minimum Gasteiger partial charge on any atom is -0.378 e. The summed E-state index contributed by atoms with van der Waals surface area (Å²) in [5.74, 6) is -2.67. The van der Waals surface area contributed by atoms with Gasteiger partial charge in [0.05, 0.1) is 32.2 Å². The monoisotopic (exact) mass is 485 g/mol. The van der Waals surface area contributed by atoms with Gasteiger partial charge in [0, 0.05) is 48.5 Å². The summed E-state index contributed by atoms with van der Waals surface area (Å²) in [6, 6.07) is 5.97. The van der Waals surface area contributed by atoms with E-state index in [0.29, 0.717) is 51.4 Å². The topological polar surface area (TPSA) is 70.9 Å². The van der Waals surface area contributed by atoms with Crippen molar-refractivity contribution in [3.63, 3.8) is 0 Å². The van der Waals surface area contributed by atoms with E-state index in [1.165, 1.54) is 15.7 Å². The van der Waals surface area contributed by atoms with E-state index >= 15 is 0 Å². The Hall–Kier alpha value is -3.01. The van der Waals surface area contributed by atoms with Crippen LogP contribution in [0.1, 0.15) is 24.8 Å². The van der Waals surface area contributed by atoms with Crippen molar-refractivity contribution in [3.05, 3.63) is 46.5 Å². The Balaban J connectivity index is 1.20. The Bertz CT molecular complexity index is 1210. The molecule has 4 heterocycles. The SMILES string of the molecule is O=C(Cn1cc(N2CCC3(CC3)C(F)(F)C2)ncc1=O)N1CCc2c(N3CCOCC3)cccc21. The van der Waals surface area contributed by atoms with Gasteiger partial charge in [0.25, 0.3) is 11.5 Å². The molecule has 3 fully saturated rings. The molecule has 2 saturated heterocycles. The number of nitrogens with zero attached hydrogens (tertiary/aromatic N) is 5. The number of benzene rings is 1. The maximum Gasteiger partial charge on any atom is 0.270 e. The van der Waals surface area contributed by atoms with E-state index in [-0.39, 0.29) is 12.5 Å². The van der Waals surface area contributed by atoms with Gasteiger partial charge in [-0.1, -0.05) is 6.07 Å². The third kappa shape index (κ3) is 3.87. The molecule has 6 rings (SSSR count). The maximum atomic E-state index is 14.7. The molecule has 0 unspecified atom stereocenters. The molecule has 2 aromatic rings. The van der Waals surface area contributed by atoms with Crippen molar-refractivity contribution < 1.29 is 18.3 Å². The predicted molar refractivity (Wildman–Crippen MR) is 127 cm³/mol. The second kappa shape index (κ2) is 8.29. The number of ether oxygens (including phenoxy) is 1. The molecule has 10 heteroatoms. The van der Waals surface area contributed by atoms with Gasteiger partial charge in [-0.2, -0.15) is 0 Å². The van der Waals surface area contributed by atoms with Crippen molar-refractivity contribution in [1.29, 1.82) is 0 Å². The van der Waals surface area contributed by atoms with Gasteiger partial charge in [0.15, 0.2) is 0 Å². The first kappa shape index (κ1) is 22.5. The summed E-state index contributed by atoms with van der Waals surface area (Å²) in [6.07, 6.45) is 4.87. The molecule has 35 heavy (non-hydrogen) atoms. The van der Waals surface area contributed by atoms with E-state index in [2.05, 4.69) is 16.0 Å². The normalized spacial score (nSPS) is 22.4. The number of amides is 1. The Labute approximate surface area is 202 Å². The van der Waals surface area contributed by atoms with E-state index < -0.39 is 23.4 Å². The summed E-state index contributed by atoms with van der Waals surface area (Å²) in [7, 11) is 0. The van der Waals surface area contributed by atoms with Crippen LogP contribution >= 0.6 is 0 Å². The summed E-state index contributed by atoms with van der Waals surface area (Å²) in [5, 5.41) is 0. The maximum absolute atomic E-state index is 14.7. The average molecular weight is 486 g/mol. The first-order valence-corrected chi connectivity index (χ1v) is 12.3. The summed E-state index contributed by atoms with van der Waals surface area (Å²) < 4.78 is 36.1. The highest BCUT2D eigenvalue weighted by molar-refractivity contribution is 5.96. The zero-order chi connectivity index (χ0) is 24.2. The van der Waals surface area contributed by atoms with Crippen LogP contribution in [0, 0.1) is 5.41 Å². The summed E-state index contributed by atoms with van der Waals surface area (Å²) >= 11 is 0. The van der Waals surface area contributed by atoms with Gasteiger partial charge in [0.2, 0.25) is 5.91 Å². The van der Waals surface area contributed by atoms with Gasteiger partial charge in [-0.15, -0.1) is 0 Å². The molecule has 1 saturated carbocycles. The second-order valence-corrected chi connectivity index (χ2v) is 10.0. The highest BCUT2D eigenvalue weighted by Crippen LogP contribution is 2.61. The van der Waals surface area contributed by atoms with Crippen LogP contribution < -0.4 is 20.3 Å². The molecule has 1 aromatic carbocycles. The van der Waals surface area contributed by atoms with Crippen LogP contribution in [0.25, 0.3) is 0 Å². The Kier molecular flexibility index (Phi) is 5.32. The first-order valence-electron chi connectivity index (χ1n) is 12.3. The lowest BCUT2D eigenvalue weighted by Gasteiger charge is -2.39. The molecule has 1 spiro atoms. The number of hydrogen-bond donors (Lipinski definition) is 0. The van der Waals surface area contributed by atoms with Crippen molar-refractivity contribution in [1.82, 2.24) is 9.55 Å². The summed E-state index contributed by atoms with van der Waals surface area (Å²) in [4.78, 5) is 35.4. The number of aromatic nitrogens is 2. The molecule has 3 aliphatic heterocycles. The molecule has 4 aliphatic rings. The van der Waals surface area contributed by atoms with Gasteiger partial charge < -0.3 is 24.0 Å². The van der Waals surface area contributed by atoms with Crippen LogP contribution in [0.3, 0.4) is 0 Å².